The van der Waals surface area contributed by atoms with Crippen molar-refractivity contribution in [1.29, 1.82) is 0 Å². The van der Waals surface area contributed by atoms with Gasteiger partial charge < -0.3 is 0 Å². The quantitative estimate of drug-likeness (QED) is 0.564. The third-order valence-corrected chi connectivity index (χ3v) is 3.28. The fourth-order valence-electron chi connectivity index (χ4n) is 2.07. The first-order valence-corrected chi connectivity index (χ1v) is 7.29. The van der Waals surface area contributed by atoms with Crippen molar-refractivity contribution >= 4 is 12.2 Å². The molecule has 0 N–H and O–H groups in total. The Morgan fingerprint density at radius 3 is 1.36 bits per heavy atom. The van der Waals surface area contributed by atoms with E-state index in [2.05, 4.69) is 61.7 Å². The van der Waals surface area contributed by atoms with Crippen LogP contribution in [0, 0.1) is 0 Å². The maximum absolute atomic E-state index is 3.87. The van der Waals surface area contributed by atoms with E-state index < -0.39 is 0 Å². The lowest BCUT2D eigenvalue weighted by Crippen LogP contribution is -1.81. The molecule has 108 valence electrons. The first-order valence-electron chi connectivity index (χ1n) is 7.29. The van der Waals surface area contributed by atoms with Gasteiger partial charge in [-0.2, -0.15) is 0 Å². The molecule has 2 rings (SSSR count). The Hall–Kier alpha value is -2.86. The molecular formula is C22H20. The molecule has 0 heteroatoms. The van der Waals surface area contributed by atoms with Crippen LogP contribution in [0.3, 0.4) is 0 Å². The molecule has 0 nitrogen and oxygen atoms in total. The molecule has 0 spiro atoms. The molecular weight excluding hydrogens is 264 g/mol. The van der Waals surface area contributed by atoms with E-state index in [4.69, 9.17) is 0 Å². The Balaban J connectivity index is 2.30. The topological polar surface area (TPSA) is 0 Å². The molecule has 0 aliphatic carbocycles. The summed E-state index contributed by atoms with van der Waals surface area (Å²) in [6.45, 7) is 7.73. The highest BCUT2D eigenvalue weighted by atomic mass is 14.0. The Labute approximate surface area is 133 Å². The van der Waals surface area contributed by atoms with Gasteiger partial charge >= 0.3 is 0 Å². The van der Waals surface area contributed by atoms with Gasteiger partial charge in [0.2, 0.25) is 0 Å². The number of rotatable bonds is 6. The van der Waals surface area contributed by atoms with Crippen molar-refractivity contribution in [3.8, 4) is 0 Å². The Morgan fingerprint density at radius 1 is 0.591 bits per heavy atom. The first kappa shape index (κ1) is 15.5. The molecule has 0 bridgehead atoms. The van der Waals surface area contributed by atoms with E-state index in [1.54, 1.807) is 0 Å². The van der Waals surface area contributed by atoms with Gasteiger partial charge in [-0.1, -0.05) is 110 Å². The first-order chi connectivity index (χ1) is 10.8. The summed E-state index contributed by atoms with van der Waals surface area (Å²) in [4.78, 5) is 0. The molecule has 0 fully saturated rings. The zero-order chi connectivity index (χ0) is 15.6. The van der Waals surface area contributed by atoms with Gasteiger partial charge in [-0.25, -0.2) is 0 Å². The summed E-state index contributed by atoms with van der Waals surface area (Å²) in [5.41, 5.74) is 4.43. The van der Waals surface area contributed by atoms with E-state index in [1.165, 1.54) is 11.1 Å². The molecule has 0 atom stereocenters. The van der Waals surface area contributed by atoms with Gasteiger partial charge in [0.1, 0.15) is 0 Å². The van der Waals surface area contributed by atoms with Crippen LogP contribution in [-0.4, -0.2) is 0 Å². The molecule has 0 radical (unpaired) electrons. The lowest BCUT2D eigenvalue weighted by atomic mass is 10.0. The summed E-state index contributed by atoms with van der Waals surface area (Å²) in [5.74, 6) is 0. The molecule has 0 aliphatic rings. The summed E-state index contributed by atoms with van der Waals surface area (Å²) in [7, 11) is 0. The second-order valence-electron chi connectivity index (χ2n) is 4.81. The number of hydrogen-bond acceptors (Lipinski definition) is 0. The average Bonchev–Trinajstić information content (AvgIpc) is 2.59. The zero-order valence-corrected chi connectivity index (χ0v) is 12.7. The zero-order valence-electron chi connectivity index (χ0n) is 12.7. The van der Waals surface area contributed by atoms with Crippen LogP contribution in [0.5, 0.6) is 0 Å². The summed E-state index contributed by atoms with van der Waals surface area (Å²) >= 11 is 0. The average molecular weight is 284 g/mol. The Morgan fingerprint density at radius 2 is 1.00 bits per heavy atom. The molecule has 0 aromatic heterocycles. The van der Waals surface area contributed by atoms with Crippen LogP contribution in [0.1, 0.15) is 11.1 Å². The van der Waals surface area contributed by atoms with Crippen LogP contribution >= 0.6 is 0 Å². The van der Waals surface area contributed by atoms with Gasteiger partial charge in [0.15, 0.2) is 0 Å². The van der Waals surface area contributed by atoms with E-state index in [1.807, 2.05) is 48.6 Å². The maximum atomic E-state index is 3.87. The Bertz CT molecular complexity index is 637. The second-order valence-corrected chi connectivity index (χ2v) is 4.81. The van der Waals surface area contributed by atoms with Crippen LogP contribution in [0.2, 0.25) is 0 Å². The van der Waals surface area contributed by atoms with Crippen molar-refractivity contribution in [2.75, 3.05) is 0 Å². The minimum Gasteiger partial charge on any atom is -0.0984 e. The fraction of sp³-hybridized carbons (Fsp3) is 0. The van der Waals surface area contributed by atoms with Crippen LogP contribution in [0.25, 0.3) is 12.2 Å². The van der Waals surface area contributed by atoms with Gasteiger partial charge in [0.25, 0.3) is 0 Å². The number of hydrogen-bond donors (Lipinski definition) is 0. The Kier molecular flexibility index (Phi) is 5.95. The van der Waals surface area contributed by atoms with E-state index in [0.29, 0.717) is 0 Å². The van der Waals surface area contributed by atoms with Gasteiger partial charge in [-0.3, -0.25) is 0 Å². The predicted molar refractivity (Wildman–Crippen MR) is 98.4 cm³/mol. The van der Waals surface area contributed by atoms with Crippen molar-refractivity contribution in [1.82, 2.24) is 0 Å². The summed E-state index contributed by atoms with van der Waals surface area (Å²) < 4.78 is 0. The lowest BCUT2D eigenvalue weighted by molar-refractivity contribution is 1.58. The lowest BCUT2D eigenvalue weighted by Gasteiger charge is -2.01. The number of allylic oxidation sites excluding steroid dienone is 6. The highest BCUT2D eigenvalue weighted by molar-refractivity contribution is 5.62. The molecule has 0 saturated carbocycles. The molecule has 0 amide bonds. The second kappa shape index (κ2) is 8.43. The fourth-order valence-corrected chi connectivity index (χ4v) is 2.07. The highest BCUT2D eigenvalue weighted by Gasteiger charge is 1.94. The normalized spacial score (nSPS) is 10.7. The van der Waals surface area contributed by atoms with Gasteiger partial charge in [0, 0.05) is 0 Å². The highest BCUT2D eigenvalue weighted by Crippen LogP contribution is 2.15. The number of benzene rings is 2. The molecule has 0 aliphatic heterocycles. The van der Waals surface area contributed by atoms with Crippen molar-refractivity contribution in [2.24, 2.45) is 0 Å². The molecule has 2 aromatic carbocycles. The summed E-state index contributed by atoms with van der Waals surface area (Å²) in [6, 6.07) is 20.5. The van der Waals surface area contributed by atoms with Gasteiger partial charge in [-0.05, 0) is 22.3 Å². The van der Waals surface area contributed by atoms with E-state index >= 15 is 0 Å². The molecule has 0 saturated heterocycles. The van der Waals surface area contributed by atoms with E-state index in [0.717, 1.165) is 11.1 Å². The molecule has 0 heterocycles. The third kappa shape index (κ3) is 4.60. The van der Waals surface area contributed by atoms with Crippen LogP contribution in [-0.2, 0) is 0 Å². The van der Waals surface area contributed by atoms with Crippen LogP contribution in [0.15, 0.2) is 109 Å². The standard InChI is InChI=1S/C22H20/c1-3-21(4-2)22(17-15-19-11-7-5-8-12-19)18-16-20-13-9-6-10-14-20/h3-18H,1-2H2/b17-15+,18-16+. The van der Waals surface area contributed by atoms with Gasteiger partial charge in [0.05, 0.1) is 0 Å². The largest absolute Gasteiger partial charge is 0.0984 e. The summed E-state index contributed by atoms with van der Waals surface area (Å²) in [5, 5.41) is 0. The van der Waals surface area contributed by atoms with E-state index in [9.17, 15) is 0 Å². The maximum Gasteiger partial charge on any atom is -0.0184 e. The monoisotopic (exact) mass is 284 g/mol. The molecule has 2 aromatic rings. The van der Waals surface area contributed by atoms with Crippen LogP contribution in [0.4, 0.5) is 0 Å². The van der Waals surface area contributed by atoms with Crippen molar-refractivity contribution in [3.63, 3.8) is 0 Å². The van der Waals surface area contributed by atoms with Crippen molar-refractivity contribution < 1.29 is 0 Å². The third-order valence-electron chi connectivity index (χ3n) is 3.28. The SMILES string of the molecule is C=CC(C=C)=C(/C=C/c1ccccc1)/C=C/c1ccccc1. The minimum atomic E-state index is 1.01. The molecule has 22 heavy (non-hydrogen) atoms. The predicted octanol–water partition coefficient (Wildman–Crippen LogP) is 6.08. The summed E-state index contributed by atoms with van der Waals surface area (Å²) in [6.07, 6.45) is 12.0. The van der Waals surface area contributed by atoms with E-state index in [-0.39, 0.29) is 0 Å². The minimum absolute atomic E-state index is 1.01. The van der Waals surface area contributed by atoms with Crippen molar-refractivity contribution in [3.05, 3.63) is 120 Å². The smallest absolute Gasteiger partial charge is 0.0184 e. The molecule has 0 unspecified atom stereocenters. The van der Waals surface area contributed by atoms with Gasteiger partial charge in [-0.15, -0.1) is 0 Å². The van der Waals surface area contributed by atoms with Crippen molar-refractivity contribution in [2.45, 2.75) is 0 Å². The van der Waals surface area contributed by atoms with Crippen LogP contribution < -0.4 is 0 Å².